The molecule has 2 aliphatic carbocycles. The molecule has 2 aromatic heterocycles. The van der Waals surface area contributed by atoms with Crippen LogP contribution in [0.1, 0.15) is 38.5 Å². The van der Waals surface area contributed by atoms with Crippen LogP contribution < -0.4 is 10.6 Å². The second-order valence-corrected chi connectivity index (χ2v) is 7.74. The molecule has 0 aliphatic heterocycles. The molecule has 25 heavy (non-hydrogen) atoms. The Hall–Kier alpha value is -2.27. The Morgan fingerprint density at radius 2 is 2.04 bits per heavy atom. The normalized spacial score (nSPS) is 23.2. The average Bonchev–Trinajstić information content (AvgIpc) is 3.38. The Bertz CT molecular complexity index is 849. The summed E-state index contributed by atoms with van der Waals surface area (Å²) < 4.78 is 14.6. The molecule has 0 saturated heterocycles. The van der Waals surface area contributed by atoms with Crippen molar-refractivity contribution in [3.05, 3.63) is 12.0 Å². The fraction of sp³-hybridized carbons (Fsp3) is 0.529. The van der Waals surface area contributed by atoms with Gasteiger partial charge in [-0.15, -0.1) is 0 Å². The molecule has 2 heterocycles. The predicted octanol–water partition coefficient (Wildman–Crippen LogP) is 3.67. The molecular formula is C17H18FN5OS. The number of nitriles is 1. The molecule has 0 unspecified atom stereocenters. The number of thiazole rings is 1. The number of nitrogens with one attached hydrogen (secondary N) is 2. The number of carbonyl (C=O) groups is 1. The average molecular weight is 359 g/mol. The number of pyridine rings is 1. The number of halogens is 1. The third-order valence-corrected chi connectivity index (χ3v) is 5.80. The third-order valence-electron chi connectivity index (χ3n) is 4.80. The second kappa shape index (κ2) is 6.56. The maximum atomic E-state index is 14.1. The molecule has 0 atom stereocenters. The minimum Gasteiger partial charge on any atom is -0.359 e. The first kappa shape index (κ1) is 16.2. The maximum absolute atomic E-state index is 14.1. The molecule has 2 saturated carbocycles. The van der Waals surface area contributed by atoms with E-state index in [9.17, 15) is 9.18 Å². The minimum absolute atomic E-state index is 0.0573. The third kappa shape index (κ3) is 3.42. The SMILES string of the molecule is N#CC1CCC(Nc2nc3c(F)cnc(NC(=O)C4CC4)c3s2)CC1. The highest BCUT2D eigenvalue weighted by molar-refractivity contribution is 7.22. The number of amides is 1. The van der Waals surface area contributed by atoms with E-state index in [1.165, 1.54) is 11.3 Å². The van der Waals surface area contributed by atoms with Crippen LogP contribution in [-0.2, 0) is 4.79 Å². The van der Waals surface area contributed by atoms with Gasteiger partial charge in [-0.2, -0.15) is 5.26 Å². The second-order valence-electron chi connectivity index (χ2n) is 6.74. The van der Waals surface area contributed by atoms with Crippen LogP contribution in [0.15, 0.2) is 6.20 Å². The zero-order valence-corrected chi connectivity index (χ0v) is 14.4. The van der Waals surface area contributed by atoms with Crippen molar-refractivity contribution in [2.75, 3.05) is 10.6 Å². The van der Waals surface area contributed by atoms with Gasteiger partial charge in [0.15, 0.2) is 16.8 Å². The number of rotatable bonds is 4. The number of nitrogens with zero attached hydrogens (tertiary/aromatic N) is 3. The van der Waals surface area contributed by atoms with Crippen molar-refractivity contribution in [3.8, 4) is 6.07 Å². The largest absolute Gasteiger partial charge is 0.359 e. The Morgan fingerprint density at radius 3 is 2.72 bits per heavy atom. The Morgan fingerprint density at radius 1 is 1.28 bits per heavy atom. The van der Waals surface area contributed by atoms with Gasteiger partial charge in [0.05, 0.1) is 12.3 Å². The molecule has 6 nitrogen and oxygen atoms in total. The summed E-state index contributed by atoms with van der Waals surface area (Å²) in [6.07, 6.45) is 6.45. The van der Waals surface area contributed by atoms with Crippen LogP contribution >= 0.6 is 11.3 Å². The highest BCUT2D eigenvalue weighted by Gasteiger charge is 2.30. The van der Waals surface area contributed by atoms with E-state index in [2.05, 4.69) is 26.7 Å². The summed E-state index contributed by atoms with van der Waals surface area (Å²) >= 11 is 1.31. The van der Waals surface area contributed by atoms with Crippen molar-refractivity contribution in [1.82, 2.24) is 9.97 Å². The molecule has 0 radical (unpaired) electrons. The molecule has 2 fully saturated rings. The van der Waals surface area contributed by atoms with Gasteiger partial charge in [-0.25, -0.2) is 14.4 Å². The highest BCUT2D eigenvalue weighted by Crippen LogP contribution is 2.36. The predicted molar refractivity (Wildman–Crippen MR) is 93.7 cm³/mol. The van der Waals surface area contributed by atoms with Crippen molar-refractivity contribution < 1.29 is 9.18 Å². The van der Waals surface area contributed by atoms with Gasteiger partial charge in [0.1, 0.15) is 10.2 Å². The standard InChI is InChI=1S/C17H18FN5OS/c18-12-8-20-15(23-16(24)10-3-4-10)14-13(12)22-17(25-14)21-11-5-1-9(7-19)2-6-11/h8-11H,1-6H2,(H,21,22)(H,20,23,24). The summed E-state index contributed by atoms with van der Waals surface area (Å²) in [5, 5.41) is 15.7. The van der Waals surface area contributed by atoms with Gasteiger partial charge < -0.3 is 10.6 Å². The monoisotopic (exact) mass is 359 g/mol. The first-order valence-electron chi connectivity index (χ1n) is 8.56. The van der Waals surface area contributed by atoms with Crippen LogP contribution in [0.25, 0.3) is 10.2 Å². The zero-order chi connectivity index (χ0) is 17.4. The van der Waals surface area contributed by atoms with E-state index in [1.807, 2.05) is 0 Å². The summed E-state index contributed by atoms with van der Waals surface area (Å²) in [7, 11) is 0. The number of hydrogen-bond donors (Lipinski definition) is 2. The fourth-order valence-electron chi connectivity index (χ4n) is 3.14. The van der Waals surface area contributed by atoms with Crippen molar-refractivity contribution in [3.63, 3.8) is 0 Å². The smallest absolute Gasteiger partial charge is 0.228 e. The summed E-state index contributed by atoms with van der Waals surface area (Å²) in [4.78, 5) is 20.4. The topological polar surface area (TPSA) is 90.7 Å². The fourth-order valence-corrected chi connectivity index (χ4v) is 4.14. The molecule has 4 rings (SSSR count). The quantitative estimate of drug-likeness (QED) is 0.869. The van der Waals surface area contributed by atoms with Gasteiger partial charge in [-0.3, -0.25) is 4.79 Å². The number of hydrogen-bond acceptors (Lipinski definition) is 6. The van der Waals surface area contributed by atoms with E-state index in [0.29, 0.717) is 15.6 Å². The molecule has 2 aromatic rings. The number of carbonyl (C=O) groups excluding carboxylic acids is 1. The van der Waals surface area contributed by atoms with Gasteiger partial charge in [-0.05, 0) is 38.5 Å². The zero-order valence-electron chi connectivity index (χ0n) is 13.6. The highest BCUT2D eigenvalue weighted by atomic mass is 32.1. The minimum atomic E-state index is -0.489. The molecular weight excluding hydrogens is 341 g/mol. The van der Waals surface area contributed by atoms with Gasteiger partial charge in [0, 0.05) is 17.9 Å². The molecule has 8 heteroatoms. The summed E-state index contributed by atoms with van der Waals surface area (Å²) in [5.41, 5.74) is 0.235. The summed E-state index contributed by atoms with van der Waals surface area (Å²) in [5.74, 6) is 0.0316. The molecule has 130 valence electrons. The Balaban J connectivity index is 1.53. The molecule has 0 bridgehead atoms. The van der Waals surface area contributed by atoms with Gasteiger partial charge >= 0.3 is 0 Å². The summed E-state index contributed by atoms with van der Waals surface area (Å²) in [6, 6.07) is 2.56. The van der Waals surface area contributed by atoms with E-state index >= 15 is 0 Å². The van der Waals surface area contributed by atoms with E-state index < -0.39 is 5.82 Å². The van der Waals surface area contributed by atoms with E-state index in [1.54, 1.807) is 0 Å². The van der Waals surface area contributed by atoms with Crippen LogP contribution in [0, 0.1) is 29.0 Å². The van der Waals surface area contributed by atoms with Crippen LogP contribution in [0.3, 0.4) is 0 Å². The summed E-state index contributed by atoms with van der Waals surface area (Å²) in [6.45, 7) is 0. The van der Waals surface area contributed by atoms with Crippen molar-refractivity contribution >= 4 is 38.4 Å². The molecule has 2 aliphatic rings. The van der Waals surface area contributed by atoms with Crippen LogP contribution in [0.4, 0.5) is 15.3 Å². The van der Waals surface area contributed by atoms with Crippen LogP contribution in [0.5, 0.6) is 0 Å². The Labute approximate surface area is 148 Å². The van der Waals surface area contributed by atoms with Gasteiger partial charge in [0.2, 0.25) is 5.91 Å². The molecule has 0 aromatic carbocycles. The van der Waals surface area contributed by atoms with Crippen LogP contribution in [-0.4, -0.2) is 21.9 Å². The van der Waals surface area contributed by atoms with Crippen molar-refractivity contribution in [2.24, 2.45) is 11.8 Å². The van der Waals surface area contributed by atoms with E-state index in [0.717, 1.165) is 44.7 Å². The molecule has 0 spiro atoms. The van der Waals surface area contributed by atoms with Gasteiger partial charge in [0.25, 0.3) is 0 Å². The molecule has 2 N–H and O–H groups in total. The molecule has 1 amide bonds. The lowest BCUT2D eigenvalue weighted by Crippen LogP contribution is -2.25. The van der Waals surface area contributed by atoms with E-state index in [4.69, 9.17) is 5.26 Å². The lowest BCUT2D eigenvalue weighted by atomic mass is 9.87. The van der Waals surface area contributed by atoms with Crippen molar-refractivity contribution in [1.29, 1.82) is 5.26 Å². The van der Waals surface area contributed by atoms with Crippen LogP contribution in [0.2, 0.25) is 0 Å². The van der Waals surface area contributed by atoms with E-state index in [-0.39, 0.29) is 29.3 Å². The van der Waals surface area contributed by atoms with Gasteiger partial charge in [-0.1, -0.05) is 11.3 Å². The lowest BCUT2D eigenvalue weighted by molar-refractivity contribution is -0.117. The van der Waals surface area contributed by atoms with Crippen molar-refractivity contribution in [2.45, 2.75) is 44.6 Å². The number of fused-ring (bicyclic) bond motifs is 1. The first-order valence-corrected chi connectivity index (χ1v) is 9.37. The number of anilines is 2. The maximum Gasteiger partial charge on any atom is 0.228 e. The lowest BCUT2D eigenvalue weighted by Gasteiger charge is -2.25. The Kier molecular flexibility index (Phi) is 4.25. The first-order chi connectivity index (χ1) is 12.1. The number of aromatic nitrogens is 2.